The van der Waals surface area contributed by atoms with Gasteiger partial charge in [-0.2, -0.15) is 0 Å². The van der Waals surface area contributed by atoms with Crippen molar-refractivity contribution in [3.05, 3.63) is 24.3 Å². The number of amides is 1. The minimum absolute atomic E-state index is 0.127. The van der Waals surface area contributed by atoms with Gasteiger partial charge in [-0.1, -0.05) is 0 Å². The molecule has 114 valence electrons. The van der Waals surface area contributed by atoms with E-state index in [-0.39, 0.29) is 10.8 Å². The van der Waals surface area contributed by atoms with Gasteiger partial charge in [-0.15, -0.1) is 0 Å². The zero-order chi connectivity index (χ0) is 14.9. The minimum atomic E-state index is -3.45. The van der Waals surface area contributed by atoms with Crippen molar-refractivity contribution in [3.63, 3.8) is 0 Å². The van der Waals surface area contributed by atoms with Crippen molar-refractivity contribution >= 4 is 15.9 Å². The fourth-order valence-corrected chi connectivity index (χ4v) is 3.29. The Morgan fingerprint density at radius 2 is 1.90 bits per heavy atom. The second-order valence-corrected chi connectivity index (χ2v) is 7.22. The molecule has 1 heterocycles. The summed E-state index contributed by atoms with van der Waals surface area (Å²) in [5.41, 5.74) is 0. The number of rotatable bonds is 6. The molecule has 0 aromatic heterocycles. The predicted molar refractivity (Wildman–Crippen MR) is 76.4 cm³/mol. The summed E-state index contributed by atoms with van der Waals surface area (Å²) in [6, 6.07) is 6.16. The predicted octanol–water partition coefficient (Wildman–Crippen LogP) is 0.642. The van der Waals surface area contributed by atoms with E-state index >= 15 is 0 Å². The molecule has 2 aliphatic rings. The zero-order valence-corrected chi connectivity index (χ0v) is 12.4. The number of benzene rings is 1. The Bertz CT molecular complexity index is 623. The van der Waals surface area contributed by atoms with E-state index in [2.05, 4.69) is 10.0 Å². The van der Waals surface area contributed by atoms with Gasteiger partial charge in [0.2, 0.25) is 10.0 Å². The first kappa shape index (κ1) is 14.3. The Hall–Kier alpha value is -1.60. The Balaban J connectivity index is 1.63. The van der Waals surface area contributed by atoms with E-state index in [0.29, 0.717) is 31.2 Å². The van der Waals surface area contributed by atoms with Crippen LogP contribution in [0, 0.1) is 5.92 Å². The zero-order valence-electron chi connectivity index (χ0n) is 11.5. The maximum Gasteiger partial charge on any atom is 0.261 e. The van der Waals surface area contributed by atoms with Crippen LogP contribution in [0.15, 0.2) is 29.2 Å². The van der Waals surface area contributed by atoms with E-state index in [0.717, 1.165) is 12.8 Å². The second kappa shape index (κ2) is 5.65. The van der Waals surface area contributed by atoms with Gasteiger partial charge in [0.25, 0.3) is 5.91 Å². The molecular weight excluding hydrogens is 292 g/mol. The molecule has 2 fully saturated rings. The SMILES string of the molecule is O=C1NCC[C@H]1Oc1ccc(S(=O)(=O)NCC2CC2)cc1. The van der Waals surface area contributed by atoms with Crippen LogP contribution in [0.1, 0.15) is 19.3 Å². The van der Waals surface area contributed by atoms with E-state index in [1.807, 2.05) is 0 Å². The van der Waals surface area contributed by atoms with E-state index in [1.54, 1.807) is 12.1 Å². The summed E-state index contributed by atoms with van der Waals surface area (Å²) in [5, 5.41) is 2.69. The van der Waals surface area contributed by atoms with Crippen molar-refractivity contribution in [2.75, 3.05) is 13.1 Å². The first-order valence-electron chi connectivity index (χ1n) is 7.09. The molecule has 0 bridgehead atoms. The highest BCUT2D eigenvalue weighted by molar-refractivity contribution is 7.89. The number of nitrogens with one attached hydrogen (secondary N) is 2. The van der Waals surface area contributed by atoms with Gasteiger partial charge in [-0.25, -0.2) is 13.1 Å². The Labute approximate surface area is 123 Å². The highest BCUT2D eigenvalue weighted by Crippen LogP contribution is 2.28. The van der Waals surface area contributed by atoms with E-state index < -0.39 is 16.1 Å². The van der Waals surface area contributed by atoms with Crippen LogP contribution < -0.4 is 14.8 Å². The molecule has 6 nitrogen and oxygen atoms in total. The summed E-state index contributed by atoms with van der Waals surface area (Å²) in [6.07, 6.45) is 2.33. The highest BCUT2D eigenvalue weighted by atomic mass is 32.2. The monoisotopic (exact) mass is 310 g/mol. The lowest BCUT2D eigenvalue weighted by Crippen LogP contribution is -2.27. The molecule has 1 amide bonds. The molecule has 1 aromatic carbocycles. The average Bonchev–Trinajstić information content (AvgIpc) is 3.22. The van der Waals surface area contributed by atoms with Crippen LogP contribution in [0.3, 0.4) is 0 Å². The molecule has 1 aromatic rings. The molecule has 0 radical (unpaired) electrons. The average molecular weight is 310 g/mol. The molecule has 21 heavy (non-hydrogen) atoms. The van der Waals surface area contributed by atoms with Crippen molar-refractivity contribution < 1.29 is 17.9 Å². The summed E-state index contributed by atoms with van der Waals surface area (Å²) in [7, 11) is -3.45. The number of sulfonamides is 1. The summed E-state index contributed by atoms with van der Waals surface area (Å²) < 4.78 is 32.3. The molecule has 1 atom stereocenters. The van der Waals surface area contributed by atoms with Crippen molar-refractivity contribution in [2.24, 2.45) is 5.92 Å². The van der Waals surface area contributed by atoms with Gasteiger partial charge in [-0.05, 0) is 43.0 Å². The van der Waals surface area contributed by atoms with Gasteiger partial charge >= 0.3 is 0 Å². The van der Waals surface area contributed by atoms with Crippen molar-refractivity contribution in [1.29, 1.82) is 0 Å². The van der Waals surface area contributed by atoms with E-state index in [4.69, 9.17) is 4.74 Å². The van der Waals surface area contributed by atoms with Crippen LogP contribution in [-0.4, -0.2) is 33.5 Å². The molecule has 0 spiro atoms. The first-order valence-corrected chi connectivity index (χ1v) is 8.57. The van der Waals surface area contributed by atoms with Gasteiger partial charge in [0.05, 0.1) is 4.90 Å². The Kier molecular flexibility index (Phi) is 3.86. The van der Waals surface area contributed by atoms with E-state index in [9.17, 15) is 13.2 Å². The lowest BCUT2D eigenvalue weighted by atomic mass is 10.3. The van der Waals surface area contributed by atoms with Crippen LogP contribution in [0.2, 0.25) is 0 Å². The van der Waals surface area contributed by atoms with Crippen LogP contribution in [-0.2, 0) is 14.8 Å². The normalized spacial score (nSPS) is 22.1. The standard InChI is InChI=1S/C14H18N2O4S/c17-14-13(7-8-15-14)20-11-3-5-12(6-4-11)21(18,19)16-9-10-1-2-10/h3-6,10,13,16H,1-2,7-9H2,(H,15,17)/t13-/m1/s1. The molecule has 1 aliphatic carbocycles. The smallest absolute Gasteiger partial charge is 0.261 e. The van der Waals surface area contributed by atoms with Gasteiger partial charge in [0.15, 0.2) is 6.10 Å². The molecule has 1 aliphatic heterocycles. The topological polar surface area (TPSA) is 84.5 Å². The summed E-state index contributed by atoms with van der Waals surface area (Å²) in [6.45, 7) is 1.11. The summed E-state index contributed by atoms with van der Waals surface area (Å²) in [4.78, 5) is 11.6. The van der Waals surface area contributed by atoms with Crippen LogP contribution in [0.4, 0.5) is 0 Å². The fourth-order valence-electron chi connectivity index (χ4n) is 2.18. The third-order valence-corrected chi connectivity index (χ3v) is 5.11. The number of ether oxygens (including phenoxy) is 1. The summed E-state index contributed by atoms with van der Waals surface area (Å²) >= 11 is 0. The van der Waals surface area contributed by atoms with Gasteiger partial charge < -0.3 is 10.1 Å². The van der Waals surface area contributed by atoms with Crippen molar-refractivity contribution in [2.45, 2.75) is 30.3 Å². The lowest BCUT2D eigenvalue weighted by molar-refractivity contribution is -0.124. The Morgan fingerprint density at radius 3 is 2.48 bits per heavy atom. The van der Waals surface area contributed by atoms with E-state index in [1.165, 1.54) is 12.1 Å². The molecule has 0 unspecified atom stereocenters. The highest BCUT2D eigenvalue weighted by Gasteiger charge is 2.26. The van der Waals surface area contributed by atoms with Gasteiger partial charge in [0.1, 0.15) is 5.75 Å². The van der Waals surface area contributed by atoms with Gasteiger partial charge in [0, 0.05) is 19.5 Å². The van der Waals surface area contributed by atoms with Crippen molar-refractivity contribution in [1.82, 2.24) is 10.0 Å². The molecule has 1 saturated heterocycles. The molecule has 1 saturated carbocycles. The first-order chi connectivity index (χ1) is 10.0. The summed E-state index contributed by atoms with van der Waals surface area (Å²) in [5.74, 6) is 0.860. The maximum atomic E-state index is 12.1. The van der Waals surface area contributed by atoms with Gasteiger partial charge in [-0.3, -0.25) is 4.79 Å². The van der Waals surface area contributed by atoms with Crippen LogP contribution >= 0.6 is 0 Å². The molecular formula is C14H18N2O4S. The number of carbonyl (C=O) groups is 1. The molecule has 7 heteroatoms. The quantitative estimate of drug-likeness (QED) is 0.807. The second-order valence-electron chi connectivity index (χ2n) is 5.45. The third kappa shape index (κ3) is 3.54. The minimum Gasteiger partial charge on any atom is -0.481 e. The fraction of sp³-hybridized carbons (Fsp3) is 0.500. The Morgan fingerprint density at radius 1 is 1.19 bits per heavy atom. The molecule has 3 rings (SSSR count). The number of carbonyl (C=O) groups excluding carboxylic acids is 1. The number of hydrogen-bond donors (Lipinski definition) is 2. The largest absolute Gasteiger partial charge is 0.481 e. The molecule has 2 N–H and O–H groups in total. The third-order valence-electron chi connectivity index (χ3n) is 3.67. The van der Waals surface area contributed by atoms with Crippen molar-refractivity contribution in [3.8, 4) is 5.75 Å². The number of hydrogen-bond acceptors (Lipinski definition) is 4. The van der Waals surface area contributed by atoms with Crippen LogP contribution in [0.5, 0.6) is 5.75 Å². The van der Waals surface area contributed by atoms with Crippen LogP contribution in [0.25, 0.3) is 0 Å². The lowest BCUT2D eigenvalue weighted by Gasteiger charge is -2.11. The maximum absolute atomic E-state index is 12.1.